The standard InChI is InChI=1S/C21H19N7O2/c1-13-26-20-17(27(13)11-14-4-6-22-18(8-14)29-2)9-15(10-23-20)16-5-7-28-19(16)21(30-3)24-12-25-28/h4-10,12H,11H2,1-3H3. The largest absolute Gasteiger partial charge is 0.481 e. The number of aromatic nitrogens is 7. The van der Waals surface area contributed by atoms with Gasteiger partial charge >= 0.3 is 0 Å². The quantitative estimate of drug-likeness (QED) is 0.447. The lowest BCUT2D eigenvalue weighted by atomic mass is 10.1. The minimum absolute atomic E-state index is 0.513. The summed E-state index contributed by atoms with van der Waals surface area (Å²) >= 11 is 0. The highest BCUT2D eigenvalue weighted by molar-refractivity contribution is 5.87. The first kappa shape index (κ1) is 18.0. The molecule has 0 aliphatic rings. The van der Waals surface area contributed by atoms with E-state index in [-0.39, 0.29) is 0 Å². The highest BCUT2D eigenvalue weighted by Crippen LogP contribution is 2.31. The van der Waals surface area contributed by atoms with Gasteiger partial charge in [-0.3, -0.25) is 0 Å². The van der Waals surface area contributed by atoms with E-state index in [0.717, 1.165) is 33.5 Å². The van der Waals surface area contributed by atoms with Gasteiger partial charge in [0.1, 0.15) is 17.7 Å². The van der Waals surface area contributed by atoms with Gasteiger partial charge in [0.05, 0.1) is 19.7 Å². The Kier molecular flexibility index (Phi) is 4.27. The van der Waals surface area contributed by atoms with Gasteiger partial charge in [0.25, 0.3) is 0 Å². The van der Waals surface area contributed by atoms with E-state index in [2.05, 4.69) is 35.7 Å². The highest BCUT2D eigenvalue weighted by atomic mass is 16.5. The molecule has 5 aromatic heterocycles. The van der Waals surface area contributed by atoms with Crippen molar-refractivity contribution in [3.8, 4) is 22.9 Å². The summed E-state index contributed by atoms with van der Waals surface area (Å²) in [6, 6.07) is 7.96. The molecule has 5 aromatic rings. The number of hydrogen-bond donors (Lipinski definition) is 0. The number of aryl methyl sites for hydroxylation is 1. The lowest BCUT2D eigenvalue weighted by molar-refractivity contribution is 0.397. The van der Waals surface area contributed by atoms with E-state index in [1.807, 2.05) is 37.5 Å². The van der Waals surface area contributed by atoms with E-state index < -0.39 is 0 Å². The fraction of sp³-hybridized carbons (Fsp3) is 0.190. The zero-order valence-corrected chi connectivity index (χ0v) is 16.8. The molecule has 0 unspecified atom stereocenters. The maximum absolute atomic E-state index is 5.44. The van der Waals surface area contributed by atoms with Crippen molar-refractivity contribution in [3.05, 3.63) is 60.6 Å². The van der Waals surface area contributed by atoms with Crippen LogP contribution in [0.15, 0.2) is 49.2 Å². The fourth-order valence-electron chi connectivity index (χ4n) is 3.62. The van der Waals surface area contributed by atoms with Crippen LogP contribution in [0.5, 0.6) is 11.8 Å². The van der Waals surface area contributed by atoms with Gasteiger partial charge < -0.3 is 14.0 Å². The molecule has 0 atom stereocenters. The van der Waals surface area contributed by atoms with Crippen LogP contribution >= 0.6 is 0 Å². The molecule has 0 spiro atoms. The number of imidazole rings is 1. The van der Waals surface area contributed by atoms with E-state index in [0.29, 0.717) is 24.0 Å². The smallest absolute Gasteiger partial charge is 0.241 e. The molecule has 9 nitrogen and oxygen atoms in total. The molecule has 0 amide bonds. The molecule has 0 N–H and O–H groups in total. The number of nitrogens with zero attached hydrogens (tertiary/aromatic N) is 7. The van der Waals surface area contributed by atoms with Crippen LogP contribution in [0.2, 0.25) is 0 Å². The van der Waals surface area contributed by atoms with Crippen molar-refractivity contribution in [2.45, 2.75) is 13.5 Å². The van der Waals surface area contributed by atoms with Crippen LogP contribution in [-0.2, 0) is 6.54 Å². The molecule has 0 radical (unpaired) electrons. The van der Waals surface area contributed by atoms with E-state index >= 15 is 0 Å². The second kappa shape index (κ2) is 7.11. The van der Waals surface area contributed by atoms with Gasteiger partial charge in [-0.25, -0.2) is 19.5 Å². The summed E-state index contributed by atoms with van der Waals surface area (Å²) in [7, 11) is 3.21. The van der Waals surface area contributed by atoms with Crippen molar-refractivity contribution < 1.29 is 9.47 Å². The van der Waals surface area contributed by atoms with Crippen LogP contribution in [0.25, 0.3) is 27.8 Å². The van der Waals surface area contributed by atoms with Crippen molar-refractivity contribution in [1.29, 1.82) is 0 Å². The van der Waals surface area contributed by atoms with Crippen molar-refractivity contribution in [3.63, 3.8) is 0 Å². The van der Waals surface area contributed by atoms with Crippen molar-refractivity contribution in [2.24, 2.45) is 0 Å². The Morgan fingerprint density at radius 1 is 1.03 bits per heavy atom. The van der Waals surface area contributed by atoms with E-state index in [9.17, 15) is 0 Å². The molecule has 9 heteroatoms. The third-order valence-corrected chi connectivity index (χ3v) is 5.07. The molecule has 0 saturated heterocycles. The topological polar surface area (TPSA) is 92.2 Å². The molecular weight excluding hydrogens is 382 g/mol. The summed E-state index contributed by atoms with van der Waals surface area (Å²) in [5.74, 6) is 1.98. The zero-order valence-electron chi connectivity index (χ0n) is 16.8. The Balaban J connectivity index is 1.64. The van der Waals surface area contributed by atoms with Gasteiger partial charge in [-0.05, 0) is 30.7 Å². The van der Waals surface area contributed by atoms with Crippen LogP contribution in [0.1, 0.15) is 11.4 Å². The Morgan fingerprint density at radius 3 is 2.77 bits per heavy atom. The highest BCUT2D eigenvalue weighted by Gasteiger charge is 2.16. The minimum atomic E-state index is 0.513. The molecular formula is C21H19N7O2. The number of pyridine rings is 2. The second-order valence-corrected chi connectivity index (χ2v) is 6.81. The first-order chi connectivity index (χ1) is 14.7. The SMILES string of the molecule is COc1cc(Cn2c(C)nc3ncc(-c4ccn5ncnc(OC)c45)cc32)ccn1. The van der Waals surface area contributed by atoms with E-state index in [4.69, 9.17) is 9.47 Å². The first-order valence-corrected chi connectivity index (χ1v) is 9.36. The molecule has 0 aromatic carbocycles. The number of ether oxygens (including phenoxy) is 2. The molecule has 30 heavy (non-hydrogen) atoms. The second-order valence-electron chi connectivity index (χ2n) is 6.81. The maximum atomic E-state index is 5.44. The predicted molar refractivity (Wildman–Crippen MR) is 111 cm³/mol. The summed E-state index contributed by atoms with van der Waals surface area (Å²) in [4.78, 5) is 17.6. The fourth-order valence-corrected chi connectivity index (χ4v) is 3.62. The number of rotatable bonds is 5. The number of methoxy groups -OCH3 is 2. The number of hydrogen-bond acceptors (Lipinski definition) is 7. The van der Waals surface area contributed by atoms with Gasteiger partial charge in [0.2, 0.25) is 11.8 Å². The van der Waals surface area contributed by atoms with Crippen molar-refractivity contribution >= 4 is 16.7 Å². The maximum Gasteiger partial charge on any atom is 0.241 e. The third kappa shape index (κ3) is 2.91. The van der Waals surface area contributed by atoms with Gasteiger partial charge in [-0.15, -0.1) is 0 Å². The van der Waals surface area contributed by atoms with E-state index in [1.165, 1.54) is 6.33 Å². The molecule has 5 rings (SSSR count). The molecule has 150 valence electrons. The van der Waals surface area contributed by atoms with Gasteiger partial charge in [0, 0.05) is 42.3 Å². The van der Waals surface area contributed by atoms with Crippen LogP contribution < -0.4 is 9.47 Å². The van der Waals surface area contributed by atoms with Crippen LogP contribution in [0.3, 0.4) is 0 Å². The van der Waals surface area contributed by atoms with Crippen LogP contribution in [0, 0.1) is 6.92 Å². The Bertz CT molecular complexity index is 1370. The summed E-state index contributed by atoms with van der Waals surface area (Å²) in [6.45, 7) is 2.61. The first-order valence-electron chi connectivity index (χ1n) is 9.36. The molecule has 0 fully saturated rings. The van der Waals surface area contributed by atoms with E-state index in [1.54, 1.807) is 24.9 Å². The minimum Gasteiger partial charge on any atom is -0.481 e. The van der Waals surface area contributed by atoms with Gasteiger partial charge in [-0.2, -0.15) is 10.1 Å². The lowest BCUT2D eigenvalue weighted by Crippen LogP contribution is -2.03. The summed E-state index contributed by atoms with van der Waals surface area (Å²) in [5.41, 5.74) is 5.38. The lowest BCUT2D eigenvalue weighted by Gasteiger charge is -2.09. The van der Waals surface area contributed by atoms with Crippen molar-refractivity contribution in [2.75, 3.05) is 14.2 Å². The molecule has 0 aliphatic carbocycles. The summed E-state index contributed by atoms with van der Waals surface area (Å²) in [5, 5.41) is 4.26. The monoisotopic (exact) mass is 401 g/mol. The zero-order chi connectivity index (χ0) is 20.7. The molecule has 0 saturated carbocycles. The normalized spacial score (nSPS) is 11.3. The van der Waals surface area contributed by atoms with Gasteiger partial charge in [0.15, 0.2) is 5.65 Å². The van der Waals surface area contributed by atoms with Crippen LogP contribution in [-0.4, -0.2) is 48.3 Å². The summed E-state index contributed by atoms with van der Waals surface area (Å²) < 4.78 is 14.6. The Hall–Kier alpha value is -4.01. The molecule has 0 aliphatic heterocycles. The summed E-state index contributed by atoms with van der Waals surface area (Å²) in [6.07, 6.45) is 6.91. The third-order valence-electron chi connectivity index (χ3n) is 5.07. The molecule has 0 bridgehead atoms. The Morgan fingerprint density at radius 2 is 1.93 bits per heavy atom. The Labute approximate surface area is 172 Å². The average Bonchev–Trinajstić information content (AvgIpc) is 3.34. The number of fused-ring (bicyclic) bond motifs is 2. The average molecular weight is 401 g/mol. The predicted octanol–water partition coefficient (Wildman–Crippen LogP) is 2.91. The van der Waals surface area contributed by atoms with Gasteiger partial charge in [-0.1, -0.05) is 0 Å². The molecule has 5 heterocycles. The van der Waals surface area contributed by atoms with Crippen LogP contribution in [0.4, 0.5) is 0 Å². The van der Waals surface area contributed by atoms with Crippen molar-refractivity contribution in [1.82, 2.24) is 34.1 Å².